The van der Waals surface area contributed by atoms with Gasteiger partial charge in [0.15, 0.2) is 9.84 Å². The fraction of sp³-hybridized carbons (Fsp3) is 0.571. The van der Waals surface area contributed by atoms with Gasteiger partial charge in [0.05, 0.1) is 17.3 Å². The van der Waals surface area contributed by atoms with Gasteiger partial charge >= 0.3 is 0 Å². The second-order valence-electron chi connectivity index (χ2n) is 4.99. The lowest BCUT2D eigenvalue weighted by Gasteiger charge is -2.28. The second kappa shape index (κ2) is 5.92. The van der Waals surface area contributed by atoms with Crippen LogP contribution in [0.3, 0.4) is 0 Å². The third-order valence-corrected chi connectivity index (χ3v) is 6.10. The molecule has 0 aromatic heterocycles. The summed E-state index contributed by atoms with van der Waals surface area (Å²) < 4.78 is 30.2. The summed E-state index contributed by atoms with van der Waals surface area (Å²) in [6.07, 6.45) is 3.48. The number of sulfone groups is 1. The predicted octanol–water partition coefficient (Wildman–Crippen LogP) is 2.00. The summed E-state index contributed by atoms with van der Waals surface area (Å²) in [6.45, 7) is 0. The van der Waals surface area contributed by atoms with Gasteiger partial charge in [-0.15, -0.1) is 0 Å². The lowest BCUT2D eigenvalue weighted by Crippen LogP contribution is -2.37. The number of nitrogens with one attached hydrogen (secondary N) is 1. The fourth-order valence-electron chi connectivity index (χ4n) is 2.65. The van der Waals surface area contributed by atoms with Crippen LogP contribution < -0.4 is 10.1 Å². The first-order valence-electron chi connectivity index (χ1n) is 6.63. The minimum absolute atomic E-state index is 0.271. The van der Waals surface area contributed by atoms with E-state index in [1.807, 2.05) is 7.05 Å². The van der Waals surface area contributed by atoms with Gasteiger partial charge in [0.1, 0.15) is 5.75 Å². The number of ether oxygens (including phenoxy) is 1. The topological polar surface area (TPSA) is 55.4 Å². The van der Waals surface area contributed by atoms with Crippen molar-refractivity contribution in [1.29, 1.82) is 0 Å². The van der Waals surface area contributed by atoms with E-state index in [0.717, 1.165) is 19.3 Å². The maximum Gasteiger partial charge on any atom is 0.181 e. The highest BCUT2D eigenvalue weighted by molar-refractivity contribution is 7.92. The quantitative estimate of drug-likeness (QED) is 0.918. The van der Waals surface area contributed by atoms with Crippen LogP contribution in [0.4, 0.5) is 0 Å². The summed E-state index contributed by atoms with van der Waals surface area (Å²) in [5.41, 5.74) is 0. The molecule has 0 aliphatic heterocycles. The molecule has 19 heavy (non-hydrogen) atoms. The Balaban J connectivity index is 2.20. The van der Waals surface area contributed by atoms with E-state index in [-0.39, 0.29) is 5.25 Å². The molecular weight excluding hydrogens is 262 g/mol. The number of rotatable bonds is 4. The van der Waals surface area contributed by atoms with Gasteiger partial charge in [-0.05, 0) is 50.6 Å². The Morgan fingerprint density at radius 1 is 1.21 bits per heavy atom. The highest BCUT2D eigenvalue weighted by Crippen LogP contribution is 2.29. The largest absolute Gasteiger partial charge is 0.497 e. The monoisotopic (exact) mass is 283 g/mol. The summed E-state index contributed by atoms with van der Waals surface area (Å²) in [7, 11) is 0.242. The van der Waals surface area contributed by atoms with Crippen LogP contribution in [0.25, 0.3) is 0 Å². The molecule has 0 amide bonds. The maximum atomic E-state index is 12.6. The third kappa shape index (κ3) is 3.09. The third-order valence-electron chi connectivity index (χ3n) is 3.86. The van der Waals surface area contributed by atoms with Gasteiger partial charge in [-0.2, -0.15) is 0 Å². The molecule has 1 saturated carbocycles. The molecule has 5 heteroatoms. The van der Waals surface area contributed by atoms with E-state index in [4.69, 9.17) is 4.74 Å². The maximum absolute atomic E-state index is 12.6. The van der Waals surface area contributed by atoms with Gasteiger partial charge in [0.25, 0.3) is 0 Å². The Labute approximate surface area is 115 Å². The molecule has 2 rings (SSSR count). The molecule has 1 fully saturated rings. The van der Waals surface area contributed by atoms with Gasteiger partial charge in [-0.25, -0.2) is 8.42 Å². The van der Waals surface area contributed by atoms with Crippen molar-refractivity contribution in [2.24, 2.45) is 0 Å². The van der Waals surface area contributed by atoms with E-state index >= 15 is 0 Å². The van der Waals surface area contributed by atoms with Crippen LogP contribution in [0.5, 0.6) is 5.75 Å². The second-order valence-corrected chi connectivity index (χ2v) is 7.22. The molecule has 1 aliphatic rings. The number of methoxy groups -OCH3 is 1. The molecule has 1 aliphatic carbocycles. The molecule has 2 atom stereocenters. The molecule has 0 radical (unpaired) electrons. The van der Waals surface area contributed by atoms with E-state index in [2.05, 4.69) is 5.32 Å². The number of benzene rings is 1. The van der Waals surface area contributed by atoms with Crippen LogP contribution in [0.1, 0.15) is 25.7 Å². The average molecular weight is 283 g/mol. The SMILES string of the molecule is CNC1CCCC(S(=O)(=O)c2ccc(OC)cc2)C1. The molecule has 2 unspecified atom stereocenters. The van der Waals surface area contributed by atoms with E-state index in [1.165, 1.54) is 0 Å². The Hall–Kier alpha value is -1.07. The lowest BCUT2D eigenvalue weighted by molar-refractivity contribution is 0.390. The van der Waals surface area contributed by atoms with Gasteiger partial charge in [0.2, 0.25) is 0 Å². The van der Waals surface area contributed by atoms with Crippen LogP contribution in [0, 0.1) is 0 Å². The van der Waals surface area contributed by atoms with Crippen LogP contribution in [0.2, 0.25) is 0 Å². The molecule has 1 aromatic rings. The molecule has 0 spiro atoms. The molecular formula is C14H21NO3S. The zero-order valence-electron chi connectivity index (χ0n) is 11.4. The van der Waals surface area contributed by atoms with Gasteiger partial charge < -0.3 is 10.1 Å². The van der Waals surface area contributed by atoms with Crippen LogP contribution in [-0.2, 0) is 9.84 Å². The summed E-state index contributed by atoms with van der Waals surface area (Å²) in [5, 5.41) is 2.92. The van der Waals surface area contributed by atoms with E-state index in [9.17, 15) is 8.42 Å². The molecule has 106 valence electrons. The Morgan fingerprint density at radius 2 is 1.89 bits per heavy atom. The van der Waals surface area contributed by atoms with Crippen molar-refractivity contribution >= 4 is 9.84 Å². The number of hydrogen-bond donors (Lipinski definition) is 1. The molecule has 0 heterocycles. The summed E-state index contributed by atoms with van der Waals surface area (Å²) in [4.78, 5) is 0.398. The van der Waals surface area contributed by atoms with Crippen LogP contribution >= 0.6 is 0 Å². The Kier molecular flexibility index (Phi) is 4.47. The van der Waals surface area contributed by atoms with Crippen molar-refractivity contribution in [3.63, 3.8) is 0 Å². The molecule has 1 aromatic carbocycles. The van der Waals surface area contributed by atoms with E-state index in [1.54, 1.807) is 31.4 Å². The molecule has 1 N–H and O–H groups in total. The van der Waals surface area contributed by atoms with E-state index < -0.39 is 9.84 Å². The summed E-state index contributed by atoms with van der Waals surface area (Å²) in [6, 6.07) is 6.98. The minimum Gasteiger partial charge on any atom is -0.497 e. The summed E-state index contributed by atoms with van der Waals surface area (Å²) >= 11 is 0. The minimum atomic E-state index is -3.23. The average Bonchev–Trinajstić information content (AvgIpc) is 2.47. The van der Waals surface area contributed by atoms with Gasteiger partial charge in [-0.1, -0.05) is 6.42 Å². The molecule has 0 bridgehead atoms. The van der Waals surface area contributed by atoms with Crippen molar-refractivity contribution in [1.82, 2.24) is 5.32 Å². The van der Waals surface area contributed by atoms with Crippen molar-refractivity contribution in [2.45, 2.75) is 41.9 Å². The smallest absolute Gasteiger partial charge is 0.181 e. The summed E-state index contributed by atoms with van der Waals surface area (Å²) in [5.74, 6) is 0.677. The molecule has 4 nitrogen and oxygen atoms in total. The van der Waals surface area contributed by atoms with Crippen molar-refractivity contribution < 1.29 is 13.2 Å². The fourth-order valence-corrected chi connectivity index (χ4v) is 4.51. The van der Waals surface area contributed by atoms with Crippen molar-refractivity contribution in [2.75, 3.05) is 14.2 Å². The number of hydrogen-bond acceptors (Lipinski definition) is 4. The standard InChI is InChI=1S/C14H21NO3S/c1-15-11-4-3-5-14(10-11)19(16,17)13-8-6-12(18-2)7-9-13/h6-9,11,14-15H,3-5,10H2,1-2H3. The van der Waals surface area contributed by atoms with Crippen molar-refractivity contribution in [3.05, 3.63) is 24.3 Å². The van der Waals surface area contributed by atoms with Crippen LogP contribution in [-0.4, -0.2) is 33.9 Å². The highest BCUT2D eigenvalue weighted by atomic mass is 32.2. The van der Waals surface area contributed by atoms with Gasteiger partial charge in [0, 0.05) is 6.04 Å². The first-order valence-corrected chi connectivity index (χ1v) is 8.17. The normalized spacial score (nSPS) is 24.1. The van der Waals surface area contributed by atoms with Crippen LogP contribution in [0.15, 0.2) is 29.2 Å². The zero-order chi connectivity index (χ0) is 13.9. The van der Waals surface area contributed by atoms with Gasteiger partial charge in [-0.3, -0.25) is 0 Å². The Morgan fingerprint density at radius 3 is 2.47 bits per heavy atom. The Bertz CT molecular complexity index is 510. The first kappa shape index (κ1) is 14.3. The first-order chi connectivity index (χ1) is 9.07. The van der Waals surface area contributed by atoms with E-state index in [0.29, 0.717) is 23.1 Å². The predicted molar refractivity (Wildman–Crippen MR) is 75.3 cm³/mol. The lowest BCUT2D eigenvalue weighted by atomic mass is 9.95. The van der Waals surface area contributed by atoms with Crippen molar-refractivity contribution in [3.8, 4) is 5.75 Å². The highest BCUT2D eigenvalue weighted by Gasteiger charge is 2.32. The zero-order valence-corrected chi connectivity index (χ0v) is 12.2. The molecule has 0 saturated heterocycles.